The molecule has 0 amide bonds. The Hall–Kier alpha value is -0.370. The molecule has 0 saturated carbocycles. The Morgan fingerprint density at radius 2 is 2.22 bits per heavy atom. The van der Waals surface area contributed by atoms with Crippen LogP contribution in [0.1, 0.15) is 33.1 Å². The number of ketones is 1. The van der Waals surface area contributed by atoms with E-state index in [0.717, 1.165) is 6.42 Å². The standard InChI is InChI=1S/C7H14O2/c1-3-7(9)5-4-6(2)8/h7,9H,3-5H2,1-2H3. The largest absolute Gasteiger partial charge is 0.393 e. The van der Waals surface area contributed by atoms with Crippen molar-refractivity contribution in [2.75, 3.05) is 0 Å². The molecule has 54 valence electrons. The van der Waals surface area contributed by atoms with Crippen LogP contribution in [0.2, 0.25) is 0 Å². The molecule has 0 rings (SSSR count). The van der Waals surface area contributed by atoms with Crippen LogP contribution in [0.25, 0.3) is 0 Å². The average Bonchev–Trinajstić information content (AvgIpc) is 1.83. The first-order chi connectivity index (χ1) is 4.16. The first-order valence-electron chi connectivity index (χ1n) is 3.34. The monoisotopic (exact) mass is 130 g/mol. The molecule has 0 spiro atoms. The number of hydrogen-bond acceptors (Lipinski definition) is 2. The maximum atomic E-state index is 10.4. The summed E-state index contributed by atoms with van der Waals surface area (Å²) >= 11 is 0. The van der Waals surface area contributed by atoms with Crippen LogP contribution in [0.3, 0.4) is 0 Å². The summed E-state index contributed by atoms with van der Waals surface area (Å²) in [6, 6.07) is 0. The van der Waals surface area contributed by atoms with E-state index >= 15 is 0 Å². The minimum absolute atomic E-state index is 0.155. The highest BCUT2D eigenvalue weighted by molar-refractivity contribution is 5.75. The van der Waals surface area contributed by atoms with E-state index in [0.29, 0.717) is 12.8 Å². The molecule has 0 aliphatic rings. The Labute approximate surface area is 55.9 Å². The molecular formula is C7H14O2. The summed E-state index contributed by atoms with van der Waals surface area (Å²) in [5.41, 5.74) is 0. The highest BCUT2D eigenvalue weighted by Crippen LogP contribution is 2.00. The fraction of sp³-hybridized carbons (Fsp3) is 0.857. The SMILES string of the molecule is CCC(O)CCC(C)=O. The number of aliphatic hydroxyl groups excluding tert-OH is 1. The van der Waals surface area contributed by atoms with Gasteiger partial charge >= 0.3 is 0 Å². The highest BCUT2D eigenvalue weighted by Gasteiger charge is 2.01. The molecule has 1 N–H and O–H groups in total. The first kappa shape index (κ1) is 8.63. The summed E-state index contributed by atoms with van der Waals surface area (Å²) in [5.74, 6) is 0.155. The minimum atomic E-state index is -0.283. The van der Waals surface area contributed by atoms with E-state index < -0.39 is 0 Å². The van der Waals surface area contributed by atoms with E-state index in [4.69, 9.17) is 5.11 Å². The van der Waals surface area contributed by atoms with Crippen LogP contribution in [-0.2, 0) is 4.79 Å². The smallest absolute Gasteiger partial charge is 0.129 e. The van der Waals surface area contributed by atoms with Crippen molar-refractivity contribution in [3.8, 4) is 0 Å². The lowest BCUT2D eigenvalue weighted by Gasteiger charge is -2.03. The summed E-state index contributed by atoms with van der Waals surface area (Å²) in [4.78, 5) is 10.4. The molecule has 2 nitrogen and oxygen atoms in total. The minimum Gasteiger partial charge on any atom is -0.393 e. The molecule has 0 aromatic carbocycles. The maximum Gasteiger partial charge on any atom is 0.129 e. The van der Waals surface area contributed by atoms with Crippen molar-refractivity contribution < 1.29 is 9.90 Å². The predicted molar refractivity (Wildman–Crippen MR) is 36.2 cm³/mol. The maximum absolute atomic E-state index is 10.4. The van der Waals surface area contributed by atoms with E-state index in [2.05, 4.69) is 0 Å². The molecule has 0 fully saturated rings. The summed E-state index contributed by atoms with van der Waals surface area (Å²) < 4.78 is 0. The number of rotatable bonds is 4. The van der Waals surface area contributed by atoms with Gasteiger partial charge in [-0.3, -0.25) is 0 Å². The third-order valence-electron chi connectivity index (χ3n) is 1.30. The fourth-order valence-corrected chi connectivity index (χ4v) is 0.574. The molecule has 0 aliphatic carbocycles. The molecule has 0 aromatic heterocycles. The van der Waals surface area contributed by atoms with Crippen molar-refractivity contribution in [3.05, 3.63) is 0 Å². The van der Waals surface area contributed by atoms with Gasteiger partial charge in [-0.1, -0.05) is 6.92 Å². The second kappa shape index (κ2) is 4.50. The number of aliphatic hydroxyl groups is 1. The van der Waals surface area contributed by atoms with Crippen molar-refractivity contribution in [2.45, 2.75) is 39.2 Å². The molecule has 0 radical (unpaired) electrons. The van der Waals surface area contributed by atoms with Gasteiger partial charge in [0, 0.05) is 6.42 Å². The zero-order chi connectivity index (χ0) is 7.28. The number of Topliss-reactive ketones (excluding diaryl/α,β-unsaturated/α-hetero) is 1. The van der Waals surface area contributed by atoms with Gasteiger partial charge in [0.05, 0.1) is 6.10 Å². The lowest BCUT2D eigenvalue weighted by molar-refractivity contribution is -0.117. The van der Waals surface area contributed by atoms with Crippen LogP contribution in [0.5, 0.6) is 0 Å². The molecule has 0 heterocycles. The lowest BCUT2D eigenvalue weighted by atomic mass is 10.1. The van der Waals surface area contributed by atoms with E-state index in [1.807, 2.05) is 6.92 Å². The van der Waals surface area contributed by atoms with Gasteiger partial charge in [-0.2, -0.15) is 0 Å². The second-order valence-electron chi connectivity index (χ2n) is 2.30. The quantitative estimate of drug-likeness (QED) is 0.619. The van der Waals surface area contributed by atoms with Crippen LogP contribution in [0, 0.1) is 0 Å². The zero-order valence-electron chi connectivity index (χ0n) is 6.05. The van der Waals surface area contributed by atoms with Gasteiger partial charge in [0.2, 0.25) is 0 Å². The summed E-state index contributed by atoms with van der Waals surface area (Å²) in [6.45, 7) is 3.45. The summed E-state index contributed by atoms with van der Waals surface area (Å²) in [6.07, 6.45) is 1.59. The molecule has 1 unspecified atom stereocenters. The molecule has 1 atom stereocenters. The molecule has 0 aromatic rings. The Balaban J connectivity index is 3.16. The Kier molecular flexibility index (Phi) is 4.32. The molecule has 0 saturated heterocycles. The average molecular weight is 130 g/mol. The first-order valence-corrected chi connectivity index (χ1v) is 3.34. The van der Waals surface area contributed by atoms with E-state index in [-0.39, 0.29) is 11.9 Å². The van der Waals surface area contributed by atoms with Crippen LogP contribution in [0.15, 0.2) is 0 Å². The van der Waals surface area contributed by atoms with Gasteiger partial charge in [0.15, 0.2) is 0 Å². The van der Waals surface area contributed by atoms with Gasteiger partial charge in [0.1, 0.15) is 5.78 Å². The Morgan fingerprint density at radius 3 is 2.56 bits per heavy atom. The van der Waals surface area contributed by atoms with Gasteiger partial charge in [-0.15, -0.1) is 0 Å². The van der Waals surface area contributed by atoms with Crippen LogP contribution in [-0.4, -0.2) is 17.0 Å². The van der Waals surface area contributed by atoms with Crippen molar-refractivity contribution >= 4 is 5.78 Å². The molecule has 0 bridgehead atoms. The second-order valence-corrected chi connectivity index (χ2v) is 2.30. The van der Waals surface area contributed by atoms with Gasteiger partial charge in [0.25, 0.3) is 0 Å². The van der Waals surface area contributed by atoms with Gasteiger partial charge in [-0.05, 0) is 19.8 Å². The normalized spacial score (nSPS) is 13.2. The van der Waals surface area contributed by atoms with E-state index in [1.54, 1.807) is 6.92 Å². The van der Waals surface area contributed by atoms with E-state index in [9.17, 15) is 4.79 Å². The van der Waals surface area contributed by atoms with Crippen LogP contribution < -0.4 is 0 Å². The fourth-order valence-electron chi connectivity index (χ4n) is 0.574. The number of hydrogen-bond donors (Lipinski definition) is 1. The molecule has 0 aliphatic heterocycles. The third-order valence-corrected chi connectivity index (χ3v) is 1.30. The van der Waals surface area contributed by atoms with E-state index in [1.165, 1.54) is 0 Å². The van der Waals surface area contributed by atoms with Crippen molar-refractivity contribution in [2.24, 2.45) is 0 Å². The Morgan fingerprint density at radius 1 is 1.67 bits per heavy atom. The Bertz CT molecular complexity index is 88.9. The lowest BCUT2D eigenvalue weighted by Crippen LogP contribution is -2.05. The molecular weight excluding hydrogens is 116 g/mol. The topological polar surface area (TPSA) is 37.3 Å². The predicted octanol–water partition coefficient (Wildman–Crippen LogP) is 1.13. The third kappa shape index (κ3) is 5.50. The van der Waals surface area contributed by atoms with Crippen molar-refractivity contribution in [1.82, 2.24) is 0 Å². The summed E-state index contributed by atoms with van der Waals surface area (Å²) in [5, 5.41) is 8.95. The zero-order valence-corrected chi connectivity index (χ0v) is 6.05. The van der Waals surface area contributed by atoms with Crippen molar-refractivity contribution in [3.63, 3.8) is 0 Å². The summed E-state index contributed by atoms with van der Waals surface area (Å²) in [7, 11) is 0. The van der Waals surface area contributed by atoms with Gasteiger partial charge in [-0.25, -0.2) is 0 Å². The number of carbonyl (C=O) groups excluding carboxylic acids is 1. The molecule has 2 heteroatoms. The highest BCUT2D eigenvalue weighted by atomic mass is 16.3. The van der Waals surface area contributed by atoms with Crippen LogP contribution >= 0.6 is 0 Å². The van der Waals surface area contributed by atoms with Gasteiger partial charge < -0.3 is 9.90 Å². The number of carbonyl (C=O) groups is 1. The van der Waals surface area contributed by atoms with Crippen molar-refractivity contribution in [1.29, 1.82) is 0 Å². The van der Waals surface area contributed by atoms with Crippen LogP contribution in [0.4, 0.5) is 0 Å². The molecule has 9 heavy (non-hydrogen) atoms.